The van der Waals surface area contributed by atoms with Gasteiger partial charge in [-0.1, -0.05) is 18.2 Å². The molecule has 19 heavy (non-hydrogen) atoms. The number of nitro benzene ring substituents is 1. The average molecular weight is 260 g/mol. The molecular formula is C14H13FN2O2. The summed E-state index contributed by atoms with van der Waals surface area (Å²) in [5.41, 5.74) is 2.03. The van der Waals surface area contributed by atoms with Crippen LogP contribution < -0.4 is 5.32 Å². The van der Waals surface area contributed by atoms with E-state index in [4.69, 9.17) is 0 Å². The van der Waals surface area contributed by atoms with Crippen molar-refractivity contribution in [1.82, 2.24) is 0 Å². The smallest absolute Gasteiger partial charge is 0.274 e. The summed E-state index contributed by atoms with van der Waals surface area (Å²) in [6.45, 7) is 2.07. The maximum Gasteiger partial charge on any atom is 0.274 e. The Kier molecular flexibility index (Phi) is 3.75. The molecule has 0 amide bonds. The van der Waals surface area contributed by atoms with Crippen molar-refractivity contribution >= 4 is 11.4 Å². The molecule has 2 rings (SSSR count). The Hall–Kier alpha value is -2.43. The monoisotopic (exact) mass is 260 g/mol. The van der Waals surface area contributed by atoms with Gasteiger partial charge in [-0.3, -0.25) is 10.1 Å². The van der Waals surface area contributed by atoms with Crippen LogP contribution in [-0.2, 0) is 6.54 Å². The van der Waals surface area contributed by atoms with Crippen LogP contribution in [-0.4, -0.2) is 4.92 Å². The Morgan fingerprint density at radius 3 is 2.68 bits per heavy atom. The van der Waals surface area contributed by atoms with Gasteiger partial charge in [0.2, 0.25) is 0 Å². The molecule has 0 saturated carbocycles. The zero-order chi connectivity index (χ0) is 13.8. The second-order valence-corrected chi connectivity index (χ2v) is 4.26. The molecule has 0 aliphatic heterocycles. The van der Waals surface area contributed by atoms with Crippen molar-refractivity contribution in [3.8, 4) is 0 Å². The number of hydrogen-bond donors (Lipinski definition) is 1. The minimum atomic E-state index is -0.423. The molecule has 2 aromatic rings. The zero-order valence-corrected chi connectivity index (χ0v) is 10.4. The summed E-state index contributed by atoms with van der Waals surface area (Å²) >= 11 is 0. The van der Waals surface area contributed by atoms with Crippen molar-refractivity contribution in [3.05, 3.63) is 69.5 Å². The number of para-hydroxylation sites is 1. The number of benzene rings is 2. The number of nitro groups is 1. The molecule has 0 atom stereocenters. The quantitative estimate of drug-likeness (QED) is 0.674. The highest BCUT2D eigenvalue weighted by Crippen LogP contribution is 2.20. The molecule has 5 heteroatoms. The summed E-state index contributed by atoms with van der Waals surface area (Å²) in [4.78, 5) is 10.4. The molecule has 0 heterocycles. The van der Waals surface area contributed by atoms with E-state index in [0.717, 1.165) is 5.56 Å². The fourth-order valence-corrected chi connectivity index (χ4v) is 1.87. The lowest BCUT2D eigenvalue weighted by molar-refractivity contribution is -0.385. The Bertz CT molecular complexity index is 594. The van der Waals surface area contributed by atoms with Gasteiger partial charge < -0.3 is 5.32 Å². The SMILES string of the molecule is Cc1cc(F)cc(NCc2ccccc2[N+](=O)[O-])c1. The van der Waals surface area contributed by atoms with Gasteiger partial charge in [0.25, 0.3) is 5.69 Å². The molecule has 0 aliphatic carbocycles. The van der Waals surface area contributed by atoms with E-state index in [1.54, 1.807) is 31.2 Å². The molecular weight excluding hydrogens is 247 g/mol. The van der Waals surface area contributed by atoms with Crippen LogP contribution in [0.2, 0.25) is 0 Å². The fourth-order valence-electron chi connectivity index (χ4n) is 1.87. The first-order valence-corrected chi connectivity index (χ1v) is 5.79. The highest BCUT2D eigenvalue weighted by Gasteiger charge is 2.11. The van der Waals surface area contributed by atoms with Gasteiger partial charge in [-0.15, -0.1) is 0 Å². The second kappa shape index (κ2) is 5.48. The van der Waals surface area contributed by atoms with E-state index < -0.39 is 4.92 Å². The lowest BCUT2D eigenvalue weighted by Gasteiger charge is -2.08. The Labute approximate surface area is 110 Å². The first kappa shape index (κ1) is 13.0. The van der Waals surface area contributed by atoms with Crippen molar-refractivity contribution in [2.45, 2.75) is 13.5 Å². The van der Waals surface area contributed by atoms with E-state index in [1.165, 1.54) is 18.2 Å². The van der Waals surface area contributed by atoms with Crippen LogP contribution in [0.25, 0.3) is 0 Å². The summed E-state index contributed by atoms with van der Waals surface area (Å²) < 4.78 is 13.2. The highest BCUT2D eigenvalue weighted by atomic mass is 19.1. The van der Waals surface area contributed by atoms with Gasteiger partial charge >= 0.3 is 0 Å². The zero-order valence-electron chi connectivity index (χ0n) is 10.4. The summed E-state index contributed by atoms with van der Waals surface area (Å²) in [5.74, 6) is -0.329. The van der Waals surface area contributed by atoms with Gasteiger partial charge in [-0.05, 0) is 30.7 Å². The third kappa shape index (κ3) is 3.28. The van der Waals surface area contributed by atoms with Crippen molar-refractivity contribution in [2.75, 3.05) is 5.32 Å². The average Bonchev–Trinajstić information content (AvgIpc) is 2.35. The number of anilines is 1. The van der Waals surface area contributed by atoms with E-state index in [0.29, 0.717) is 11.3 Å². The summed E-state index contributed by atoms with van der Waals surface area (Å²) in [6.07, 6.45) is 0. The van der Waals surface area contributed by atoms with Gasteiger partial charge in [0.15, 0.2) is 0 Å². The first-order valence-electron chi connectivity index (χ1n) is 5.79. The predicted molar refractivity (Wildman–Crippen MR) is 71.6 cm³/mol. The maximum absolute atomic E-state index is 13.2. The van der Waals surface area contributed by atoms with Crippen LogP contribution in [0.4, 0.5) is 15.8 Å². The number of hydrogen-bond acceptors (Lipinski definition) is 3. The van der Waals surface area contributed by atoms with E-state index >= 15 is 0 Å². The molecule has 0 saturated heterocycles. The normalized spacial score (nSPS) is 10.2. The molecule has 0 fully saturated rings. The Morgan fingerprint density at radius 1 is 1.26 bits per heavy atom. The molecule has 0 unspecified atom stereocenters. The first-order chi connectivity index (χ1) is 9.06. The number of aryl methyl sites for hydroxylation is 1. The molecule has 98 valence electrons. The van der Waals surface area contributed by atoms with Crippen LogP contribution in [0.5, 0.6) is 0 Å². The number of nitrogens with one attached hydrogen (secondary N) is 1. The summed E-state index contributed by atoms with van der Waals surface area (Å²) in [5, 5.41) is 13.9. The van der Waals surface area contributed by atoms with Gasteiger partial charge in [-0.2, -0.15) is 0 Å². The molecule has 0 spiro atoms. The van der Waals surface area contributed by atoms with Gasteiger partial charge in [0.05, 0.1) is 4.92 Å². The summed E-state index contributed by atoms with van der Waals surface area (Å²) in [6, 6.07) is 11.1. The third-order valence-electron chi connectivity index (χ3n) is 2.71. The minimum absolute atomic E-state index is 0.0584. The van der Waals surface area contributed by atoms with Gasteiger partial charge in [0.1, 0.15) is 5.82 Å². The fraction of sp³-hybridized carbons (Fsp3) is 0.143. The molecule has 2 aromatic carbocycles. The largest absolute Gasteiger partial charge is 0.381 e. The van der Waals surface area contributed by atoms with Gasteiger partial charge in [-0.25, -0.2) is 4.39 Å². The topological polar surface area (TPSA) is 55.2 Å². The second-order valence-electron chi connectivity index (χ2n) is 4.26. The number of halogens is 1. The van der Waals surface area contributed by atoms with Crippen LogP contribution in [0, 0.1) is 22.9 Å². The van der Waals surface area contributed by atoms with Crippen LogP contribution >= 0.6 is 0 Å². The predicted octanol–water partition coefficient (Wildman–Crippen LogP) is 3.65. The molecule has 0 aliphatic rings. The van der Waals surface area contributed by atoms with E-state index in [2.05, 4.69) is 5.32 Å². The van der Waals surface area contributed by atoms with Crippen molar-refractivity contribution in [1.29, 1.82) is 0 Å². The van der Waals surface area contributed by atoms with Crippen molar-refractivity contribution in [3.63, 3.8) is 0 Å². The van der Waals surface area contributed by atoms with Gasteiger partial charge in [0, 0.05) is 23.9 Å². The molecule has 0 aromatic heterocycles. The maximum atomic E-state index is 13.2. The molecule has 1 N–H and O–H groups in total. The standard InChI is InChI=1S/C14H13FN2O2/c1-10-6-12(15)8-13(7-10)16-9-11-4-2-3-5-14(11)17(18)19/h2-8,16H,9H2,1H3. The Balaban J connectivity index is 2.16. The van der Waals surface area contributed by atoms with E-state index in [-0.39, 0.29) is 18.0 Å². The molecule has 4 nitrogen and oxygen atoms in total. The number of rotatable bonds is 4. The number of nitrogens with zero attached hydrogens (tertiary/aromatic N) is 1. The van der Waals surface area contributed by atoms with Crippen molar-refractivity contribution in [2.24, 2.45) is 0 Å². The molecule has 0 bridgehead atoms. The lowest BCUT2D eigenvalue weighted by atomic mass is 10.1. The van der Waals surface area contributed by atoms with E-state index in [1.807, 2.05) is 0 Å². The van der Waals surface area contributed by atoms with Crippen LogP contribution in [0.15, 0.2) is 42.5 Å². The minimum Gasteiger partial charge on any atom is -0.381 e. The van der Waals surface area contributed by atoms with Crippen molar-refractivity contribution < 1.29 is 9.31 Å². The third-order valence-corrected chi connectivity index (χ3v) is 2.71. The lowest BCUT2D eigenvalue weighted by Crippen LogP contribution is -2.03. The highest BCUT2D eigenvalue weighted by molar-refractivity contribution is 5.48. The van der Waals surface area contributed by atoms with Crippen LogP contribution in [0.3, 0.4) is 0 Å². The summed E-state index contributed by atoms with van der Waals surface area (Å²) in [7, 11) is 0. The Morgan fingerprint density at radius 2 is 2.00 bits per heavy atom. The molecule has 0 radical (unpaired) electrons. The van der Waals surface area contributed by atoms with E-state index in [9.17, 15) is 14.5 Å². The van der Waals surface area contributed by atoms with Crippen LogP contribution in [0.1, 0.15) is 11.1 Å².